The molecule has 0 aliphatic heterocycles. The second-order valence-corrected chi connectivity index (χ2v) is 5.89. The molecule has 0 saturated carbocycles. The smallest absolute Gasteiger partial charge is 0.00900 e. The predicted octanol–water partition coefficient (Wildman–Crippen LogP) is 3.93. The van der Waals surface area contributed by atoms with Crippen LogP contribution in [0.3, 0.4) is 0 Å². The van der Waals surface area contributed by atoms with Crippen LogP contribution < -0.4 is 5.32 Å². The van der Waals surface area contributed by atoms with E-state index in [1.165, 1.54) is 43.7 Å². The van der Waals surface area contributed by atoms with Crippen LogP contribution in [0.5, 0.6) is 0 Å². The molecule has 0 aliphatic rings. The summed E-state index contributed by atoms with van der Waals surface area (Å²) in [6, 6.07) is 0.733. The Bertz CT molecular complexity index is 126. The van der Waals surface area contributed by atoms with Crippen LogP contribution in [0.2, 0.25) is 0 Å². The van der Waals surface area contributed by atoms with Crippen LogP contribution >= 0.6 is 11.8 Å². The van der Waals surface area contributed by atoms with Crippen LogP contribution in [0.1, 0.15) is 53.4 Å². The van der Waals surface area contributed by atoms with Gasteiger partial charge in [0.2, 0.25) is 0 Å². The van der Waals surface area contributed by atoms with Crippen molar-refractivity contribution in [1.82, 2.24) is 5.32 Å². The molecule has 0 fully saturated rings. The second kappa shape index (κ2) is 10.8. The van der Waals surface area contributed by atoms with Crippen molar-refractivity contribution in [2.24, 2.45) is 5.92 Å². The molecule has 0 spiro atoms. The summed E-state index contributed by atoms with van der Waals surface area (Å²) in [7, 11) is 0. The van der Waals surface area contributed by atoms with Gasteiger partial charge >= 0.3 is 0 Å². The minimum Gasteiger partial charge on any atom is -0.314 e. The van der Waals surface area contributed by atoms with Gasteiger partial charge in [-0.25, -0.2) is 0 Å². The van der Waals surface area contributed by atoms with Crippen LogP contribution in [0.15, 0.2) is 0 Å². The van der Waals surface area contributed by atoms with Gasteiger partial charge in [-0.05, 0) is 43.2 Å². The number of nitrogens with one attached hydrogen (secondary N) is 1. The van der Waals surface area contributed by atoms with Crippen molar-refractivity contribution in [3.63, 3.8) is 0 Å². The van der Waals surface area contributed by atoms with E-state index in [4.69, 9.17) is 0 Å². The molecule has 0 aromatic rings. The summed E-state index contributed by atoms with van der Waals surface area (Å²) in [5, 5.41) is 3.65. The molecular weight excluding hydrogens is 202 g/mol. The first-order valence-electron chi connectivity index (χ1n) is 6.53. The van der Waals surface area contributed by atoms with Gasteiger partial charge in [-0.2, -0.15) is 11.8 Å². The van der Waals surface area contributed by atoms with E-state index in [1.807, 2.05) is 0 Å². The van der Waals surface area contributed by atoms with E-state index in [2.05, 4.69) is 44.8 Å². The fourth-order valence-corrected chi connectivity index (χ4v) is 2.41. The Morgan fingerprint density at radius 2 is 1.87 bits per heavy atom. The molecule has 0 bridgehead atoms. The maximum absolute atomic E-state index is 3.65. The molecule has 0 heterocycles. The normalized spacial score (nSPS) is 13.4. The van der Waals surface area contributed by atoms with Crippen LogP contribution in [-0.4, -0.2) is 24.1 Å². The van der Waals surface area contributed by atoms with Gasteiger partial charge in [-0.1, -0.05) is 34.1 Å². The Hall–Kier alpha value is 0.310. The molecule has 92 valence electrons. The van der Waals surface area contributed by atoms with Crippen molar-refractivity contribution in [1.29, 1.82) is 0 Å². The van der Waals surface area contributed by atoms with E-state index in [0.29, 0.717) is 0 Å². The maximum Gasteiger partial charge on any atom is 0.00900 e. The molecule has 15 heavy (non-hydrogen) atoms. The molecule has 0 aromatic carbocycles. The fourth-order valence-electron chi connectivity index (χ4n) is 1.71. The Balaban J connectivity index is 3.48. The van der Waals surface area contributed by atoms with Gasteiger partial charge in [0.1, 0.15) is 0 Å². The summed E-state index contributed by atoms with van der Waals surface area (Å²) in [6.07, 6.45) is 5.36. The molecule has 1 N–H and O–H groups in total. The van der Waals surface area contributed by atoms with Crippen LogP contribution in [-0.2, 0) is 0 Å². The lowest BCUT2D eigenvalue weighted by molar-refractivity contribution is 0.369. The monoisotopic (exact) mass is 231 g/mol. The maximum atomic E-state index is 3.65. The van der Waals surface area contributed by atoms with Crippen molar-refractivity contribution < 1.29 is 0 Å². The molecule has 1 nitrogen and oxygen atoms in total. The van der Waals surface area contributed by atoms with Gasteiger partial charge in [0.25, 0.3) is 0 Å². The van der Waals surface area contributed by atoms with Crippen molar-refractivity contribution in [2.75, 3.05) is 18.1 Å². The summed E-state index contributed by atoms with van der Waals surface area (Å²) < 4.78 is 0. The highest BCUT2D eigenvalue weighted by Crippen LogP contribution is 2.12. The standard InChI is InChI=1S/C13H29NS/c1-5-10-14-13(12(3)4)9-7-8-11-15-6-2/h12-14H,5-11H2,1-4H3. The zero-order valence-electron chi connectivity index (χ0n) is 11.0. The summed E-state index contributed by atoms with van der Waals surface area (Å²) in [4.78, 5) is 0. The highest BCUT2D eigenvalue weighted by atomic mass is 32.2. The van der Waals surface area contributed by atoms with Crippen molar-refractivity contribution >= 4 is 11.8 Å². The first-order chi connectivity index (χ1) is 7.22. The number of rotatable bonds is 10. The minimum absolute atomic E-state index is 0.733. The first kappa shape index (κ1) is 15.3. The average molecular weight is 231 g/mol. The second-order valence-electron chi connectivity index (χ2n) is 4.50. The van der Waals surface area contributed by atoms with Gasteiger partial charge in [-0.3, -0.25) is 0 Å². The molecular formula is C13H29NS. The molecule has 0 aliphatic carbocycles. The third-order valence-corrected chi connectivity index (χ3v) is 3.70. The lowest BCUT2D eigenvalue weighted by Crippen LogP contribution is -2.34. The average Bonchev–Trinajstić information content (AvgIpc) is 2.21. The molecule has 0 aromatic heterocycles. The van der Waals surface area contributed by atoms with E-state index < -0.39 is 0 Å². The van der Waals surface area contributed by atoms with Gasteiger partial charge in [0.05, 0.1) is 0 Å². The van der Waals surface area contributed by atoms with Gasteiger partial charge in [0, 0.05) is 6.04 Å². The Morgan fingerprint density at radius 1 is 1.13 bits per heavy atom. The van der Waals surface area contributed by atoms with Gasteiger partial charge < -0.3 is 5.32 Å². The summed E-state index contributed by atoms with van der Waals surface area (Å²) >= 11 is 2.07. The van der Waals surface area contributed by atoms with Crippen LogP contribution in [0.4, 0.5) is 0 Å². The molecule has 0 amide bonds. The predicted molar refractivity (Wildman–Crippen MR) is 73.8 cm³/mol. The minimum atomic E-state index is 0.733. The highest BCUT2D eigenvalue weighted by molar-refractivity contribution is 7.99. The highest BCUT2D eigenvalue weighted by Gasteiger charge is 2.11. The molecule has 2 heteroatoms. The van der Waals surface area contributed by atoms with Gasteiger partial charge in [0.15, 0.2) is 0 Å². The Kier molecular flexibility index (Phi) is 11.0. The summed E-state index contributed by atoms with van der Waals surface area (Å²) in [6.45, 7) is 10.3. The van der Waals surface area contributed by atoms with E-state index >= 15 is 0 Å². The zero-order chi connectivity index (χ0) is 11.5. The lowest BCUT2D eigenvalue weighted by atomic mass is 9.98. The van der Waals surface area contributed by atoms with Crippen LogP contribution in [0, 0.1) is 5.92 Å². The Labute approximate surface area is 101 Å². The number of thioether (sulfide) groups is 1. The zero-order valence-corrected chi connectivity index (χ0v) is 11.8. The number of hydrogen-bond acceptors (Lipinski definition) is 2. The lowest BCUT2D eigenvalue weighted by Gasteiger charge is -2.22. The van der Waals surface area contributed by atoms with Crippen molar-refractivity contribution in [2.45, 2.75) is 59.4 Å². The quantitative estimate of drug-likeness (QED) is 0.572. The van der Waals surface area contributed by atoms with E-state index in [-0.39, 0.29) is 0 Å². The topological polar surface area (TPSA) is 12.0 Å². The SMILES string of the molecule is CCCNC(CCCCSCC)C(C)C. The number of unbranched alkanes of at least 4 members (excludes halogenated alkanes) is 1. The third-order valence-electron chi connectivity index (χ3n) is 2.72. The van der Waals surface area contributed by atoms with E-state index in [1.54, 1.807) is 0 Å². The van der Waals surface area contributed by atoms with Gasteiger partial charge in [-0.15, -0.1) is 0 Å². The van der Waals surface area contributed by atoms with E-state index in [9.17, 15) is 0 Å². The molecule has 1 atom stereocenters. The van der Waals surface area contributed by atoms with Crippen molar-refractivity contribution in [3.05, 3.63) is 0 Å². The third kappa shape index (κ3) is 9.25. The first-order valence-corrected chi connectivity index (χ1v) is 7.68. The van der Waals surface area contributed by atoms with E-state index in [0.717, 1.165) is 12.0 Å². The Morgan fingerprint density at radius 3 is 2.40 bits per heavy atom. The van der Waals surface area contributed by atoms with Crippen LogP contribution in [0.25, 0.3) is 0 Å². The summed E-state index contributed by atoms with van der Waals surface area (Å²) in [5.41, 5.74) is 0. The molecule has 0 rings (SSSR count). The van der Waals surface area contributed by atoms with Crippen molar-refractivity contribution in [3.8, 4) is 0 Å². The summed E-state index contributed by atoms with van der Waals surface area (Å²) in [5.74, 6) is 3.38. The number of hydrogen-bond donors (Lipinski definition) is 1. The molecule has 1 unspecified atom stereocenters. The molecule has 0 radical (unpaired) electrons. The largest absolute Gasteiger partial charge is 0.314 e. The molecule has 0 saturated heterocycles. The fraction of sp³-hybridized carbons (Fsp3) is 1.00.